The summed E-state index contributed by atoms with van der Waals surface area (Å²) in [5, 5.41) is 4.83. The molecule has 3 heterocycles. The smallest absolute Gasteiger partial charge is 0.159 e. The van der Waals surface area contributed by atoms with E-state index in [4.69, 9.17) is 0 Å². The standard InChI is InChI=1S/C45H33N5/c1-2-8-37(9-3-1)43-42-20-19-36-7-4-5-10-41(36)44(42)50(49-43)30-31-27-39(33-13-11-32(12-14-33)35-21-25-46-26-22-35)29-40(28-31)34-15-17-38(18-16-34)45-47-23-6-24-48-45/h1-29,43,49H,30H2. The molecule has 1 aliphatic rings. The van der Waals surface area contributed by atoms with Gasteiger partial charge in [-0.25, -0.2) is 15.4 Å². The van der Waals surface area contributed by atoms with Crippen LogP contribution in [0.4, 0.5) is 5.69 Å². The molecule has 0 saturated carbocycles. The summed E-state index contributed by atoms with van der Waals surface area (Å²) in [6, 6.07) is 54.3. The molecule has 2 aromatic heterocycles. The highest BCUT2D eigenvalue weighted by molar-refractivity contribution is 5.97. The summed E-state index contributed by atoms with van der Waals surface area (Å²) in [4.78, 5) is 13.1. The Morgan fingerprint density at radius 1 is 0.500 bits per heavy atom. The van der Waals surface area contributed by atoms with Crippen molar-refractivity contribution in [1.29, 1.82) is 0 Å². The van der Waals surface area contributed by atoms with Crippen molar-refractivity contribution in [3.63, 3.8) is 0 Å². The first-order valence-electron chi connectivity index (χ1n) is 16.9. The highest BCUT2D eigenvalue weighted by atomic mass is 15.5. The van der Waals surface area contributed by atoms with Crippen molar-refractivity contribution >= 4 is 16.5 Å². The van der Waals surface area contributed by atoms with Gasteiger partial charge in [-0.3, -0.25) is 4.98 Å². The van der Waals surface area contributed by atoms with E-state index in [1.807, 2.05) is 30.6 Å². The molecule has 5 nitrogen and oxygen atoms in total. The minimum Gasteiger partial charge on any atom is -0.302 e. The molecule has 1 aliphatic heterocycles. The fourth-order valence-corrected chi connectivity index (χ4v) is 7.08. The van der Waals surface area contributed by atoms with Crippen molar-refractivity contribution in [3.8, 4) is 44.8 Å². The lowest BCUT2D eigenvalue weighted by Gasteiger charge is -2.23. The third kappa shape index (κ3) is 5.70. The summed E-state index contributed by atoms with van der Waals surface area (Å²) in [7, 11) is 0. The summed E-state index contributed by atoms with van der Waals surface area (Å²) in [5.74, 6) is 0.724. The fraction of sp³-hybridized carbons (Fsp3) is 0.0444. The van der Waals surface area contributed by atoms with Crippen LogP contribution < -0.4 is 10.4 Å². The van der Waals surface area contributed by atoms with Gasteiger partial charge in [0.15, 0.2) is 5.82 Å². The number of benzene rings is 6. The molecule has 6 aromatic carbocycles. The Balaban J connectivity index is 1.13. The van der Waals surface area contributed by atoms with E-state index in [0.717, 1.165) is 28.1 Å². The maximum absolute atomic E-state index is 4.45. The highest BCUT2D eigenvalue weighted by Crippen LogP contribution is 2.43. The quantitative estimate of drug-likeness (QED) is 0.187. The van der Waals surface area contributed by atoms with Gasteiger partial charge in [0.1, 0.15) is 0 Å². The van der Waals surface area contributed by atoms with E-state index < -0.39 is 0 Å². The summed E-state index contributed by atoms with van der Waals surface area (Å²) < 4.78 is 0. The highest BCUT2D eigenvalue weighted by Gasteiger charge is 2.31. The number of hydrogen-bond acceptors (Lipinski definition) is 5. The van der Waals surface area contributed by atoms with Gasteiger partial charge in [0, 0.05) is 41.3 Å². The van der Waals surface area contributed by atoms with Crippen LogP contribution in [0.25, 0.3) is 55.5 Å². The van der Waals surface area contributed by atoms with Gasteiger partial charge in [-0.2, -0.15) is 0 Å². The van der Waals surface area contributed by atoms with Crippen LogP contribution in [0.1, 0.15) is 22.7 Å². The van der Waals surface area contributed by atoms with E-state index in [1.54, 1.807) is 12.4 Å². The second kappa shape index (κ2) is 12.9. The second-order valence-corrected chi connectivity index (χ2v) is 12.7. The molecule has 1 N–H and O–H groups in total. The molecule has 8 aromatic rings. The number of fused-ring (bicyclic) bond motifs is 3. The molecule has 1 atom stereocenters. The zero-order valence-corrected chi connectivity index (χ0v) is 27.3. The number of hydrazine groups is 1. The molecule has 9 rings (SSSR count). The monoisotopic (exact) mass is 643 g/mol. The van der Waals surface area contributed by atoms with E-state index in [1.165, 1.54) is 49.8 Å². The normalized spacial score (nSPS) is 13.8. The van der Waals surface area contributed by atoms with E-state index in [0.29, 0.717) is 6.54 Å². The first-order valence-corrected chi connectivity index (χ1v) is 16.9. The maximum atomic E-state index is 4.45. The third-order valence-electron chi connectivity index (χ3n) is 9.54. The van der Waals surface area contributed by atoms with Gasteiger partial charge < -0.3 is 5.01 Å². The summed E-state index contributed by atoms with van der Waals surface area (Å²) in [5.41, 5.74) is 16.8. The van der Waals surface area contributed by atoms with E-state index in [2.05, 4.69) is 159 Å². The Morgan fingerprint density at radius 2 is 1.10 bits per heavy atom. The minimum absolute atomic E-state index is 0.0620. The van der Waals surface area contributed by atoms with Crippen LogP contribution in [0.15, 0.2) is 176 Å². The molecular weight excluding hydrogens is 611 g/mol. The first-order chi connectivity index (χ1) is 24.8. The van der Waals surface area contributed by atoms with Crippen molar-refractivity contribution in [1.82, 2.24) is 20.4 Å². The van der Waals surface area contributed by atoms with Crippen LogP contribution in [0.3, 0.4) is 0 Å². The molecule has 238 valence electrons. The lowest BCUT2D eigenvalue weighted by Crippen LogP contribution is -2.34. The lowest BCUT2D eigenvalue weighted by atomic mass is 9.94. The first kappa shape index (κ1) is 29.7. The van der Waals surface area contributed by atoms with Crippen LogP contribution in [-0.4, -0.2) is 15.0 Å². The van der Waals surface area contributed by atoms with Crippen molar-refractivity contribution in [3.05, 3.63) is 193 Å². The van der Waals surface area contributed by atoms with Gasteiger partial charge in [-0.05, 0) is 86.3 Å². The minimum atomic E-state index is 0.0620. The summed E-state index contributed by atoms with van der Waals surface area (Å²) in [6.45, 7) is 0.691. The third-order valence-corrected chi connectivity index (χ3v) is 9.54. The van der Waals surface area contributed by atoms with Crippen molar-refractivity contribution in [2.75, 3.05) is 5.01 Å². The van der Waals surface area contributed by atoms with Gasteiger partial charge in [-0.1, -0.05) is 115 Å². The van der Waals surface area contributed by atoms with Crippen LogP contribution in [0.2, 0.25) is 0 Å². The number of hydrogen-bond donors (Lipinski definition) is 1. The van der Waals surface area contributed by atoms with Gasteiger partial charge in [0.2, 0.25) is 0 Å². The van der Waals surface area contributed by atoms with E-state index in [-0.39, 0.29) is 6.04 Å². The molecule has 0 amide bonds. The maximum Gasteiger partial charge on any atom is 0.159 e. The number of aromatic nitrogens is 3. The van der Waals surface area contributed by atoms with Crippen LogP contribution in [0, 0.1) is 0 Å². The number of nitrogens with one attached hydrogen (secondary N) is 1. The molecule has 50 heavy (non-hydrogen) atoms. The lowest BCUT2D eigenvalue weighted by molar-refractivity contribution is 0.604. The second-order valence-electron chi connectivity index (χ2n) is 12.7. The average molecular weight is 644 g/mol. The summed E-state index contributed by atoms with van der Waals surface area (Å²) >= 11 is 0. The number of pyridine rings is 1. The molecule has 0 bridgehead atoms. The zero-order valence-electron chi connectivity index (χ0n) is 27.3. The largest absolute Gasteiger partial charge is 0.302 e. The van der Waals surface area contributed by atoms with E-state index >= 15 is 0 Å². The van der Waals surface area contributed by atoms with Crippen molar-refractivity contribution in [2.24, 2.45) is 0 Å². The molecule has 0 aliphatic carbocycles. The number of nitrogens with zero attached hydrogens (tertiary/aromatic N) is 4. The van der Waals surface area contributed by atoms with Crippen LogP contribution >= 0.6 is 0 Å². The molecular formula is C45H33N5. The Hall–Kier alpha value is -6.43. The van der Waals surface area contributed by atoms with Crippen LogP contribution in [-0.2, 0) is 6.54 Å². The Kier molecular flexibility index (Phi) is 7.65. The average Bonchev–Trinajstić information content (AvgIpc) is 3.57. The molecule has 1 unspecified atom stereocenters. The van der Waals surface area contributed by atoms with Gasteiger partial charge in [0.05, 0.1) is 18.3 Å². The number of rotatable bonds is 7. The number of anilines is 1. The Labute approximate surface area is 291 Å². The Morgan fingerprint density at radius 3 is 1.80 bits per heavy atom. The van der Waals surface area contributed by atoms with Crippen molar-refractivity contribution < 1.29 is 0 Å². The zero-order chi connectivity index (χ0) is 33.3. The van der Waals surface area contributed by atoms with Gasteiger partial charge in [-0.15, -0.1) is 0 Å². The predicted molar refractivity (Wildman–Crippen MR) is 203 cm³/mol. The van der Waals surface area contributed by atoms with E-state index in [9.17, 15) is 0 Å². The summed E-state index contributed by atoms with van der Waals surface area (Å²) in [6.07, 6.45) is 7.23. The van der Waals surface area contributed by atoms with Crippen LogP contribution in [0.5, 0.6) is 0 Å². The SMILES string of the molecule is c1ccc(C2NN(Cc3cc(-c4ccc(-c5ccncc5)cc4)cc(-c4ccc(-c5ncccn5)cc4)c3)c3c2ccc2ccccc32)cc1. The van der Waals surface area contributed by atoms with Crippen molar-refractivity contribution in [2.45, 2.75) is 12.6 Å². The topological polar surface area (TPSA) is 53.9 Å². The molecule has 0 radical (unpaired) electrons. The molecule has 5 heteroatoms. The fourth-order valence-electron chi connectivity index (χ4n) is 7.08. The molecule has 0 fully saturated rings. The predicted octanol–water partition coefficient (Wildman–Crippen LogP) is 10.3. The molecule has 0 spiro atoms. The van der Waals surface area contributed by atoms with Gasteiger partial charge in [0.25, 0.3) is 0 Å². The Bertz CT molecular complexity index is 2310. The molecule has 0 saturated heterocycles. The van der Waals surface area contributed by atoms with Gasteiger partial charge >= 0.3 is 0 Å².